The molecule has 5 heteroatoms. The van der Waals surface area contributed by atoms with Gasteiger partial charge in [-0.05, 0) is 37.0 Å². The lowest BCUT2D eigenvalue weighted by Crippen LogP contribution is -2.36. The highest BCUT2D eigenvalue weighted by atomic mass is 35.5. The fourth-order valence-electron chi connectivity index (χ4n) is 2.25. The quantitative estimate of drug-likeness (QED) is 0.879. The molecule has 0 spiro atoms. The number of hydrogen-bond donors (Lipinski definition) is 2. The van der Waals surface area contributed by atoms with Gasteiger partial charge in [-0.15, -0.1) is 0 Å². The molecule has 1 fully saturated rings. The van der Waals surface area contributed by atoms with Crippen LogP contribution in [0.3, 0.4) is 0 Å². The maximum atomic E-state index is 11.9. The van der Waals surface area contributed by atoms with Crippen LogP contribution in [0.1, 0.15) is 38.7 Å². The Kier molecular flexibility index (Phi) is 5.88. The van der Waals surface area contributed by atoms with E-state index in [0.29, 0.717) is 16.8 Å². The fraction of sp³-hybridized carbons (Fsp3) is 0.562. The van der Waals surface area contributed by atoms with Gasteiger partial charge in [0.25, 0.3) is 5.91 Å². The zero-order chi connectivity index (χ0) is 15.2. The molecule has 0 bridgehead atoms. The van der Waals surface area contributed by atoms with Gasteiger partial charge in [0, 0.05) is 19.1 Å². The van der Waals surface area contributed by atoms with Crippen molar-refractivity contribution in [2.24, 2.45) is 0 Å². The molecule has 4 nitrogen and oxygen atoms in total. The maximum absolute atomic E-state index is 11.9. The maximum Gasteiger partial charge on any atom is 0.261 e. The molecule has 2 rings (SSSR count). The first-order valence-electron chi connectivity index (χ1n) is 7.52. The molecule has 0 aliphatic carbocycles. The monoisotopic (exact) mass is 310 g/mol. The number of halogens is 1. The molecule has 21 heavy (non-hydrogen) atoms. The standard InChI is InChI=1S/C16H23ClN2O2/c1-11(2)19-10-12-6-7-14(13(17)9-12)21-15-5-3-4-8-18-16(15)20/h6-7,9,11,15,19H,3-5,8,10H2,1-2H3,(H,18,20). The van der Waals surface area contributed by atoms with Crippen LogP contribution in [0.15, 0.2) is 18.2 Å². The van der Waals surface area contributed by atoms with Gasteiger partial charge in [-0.3, -0.25) is 4.79 Å². The van der Waals surface area contributed by atoms with Crippen molar-refractivity contribution in [3.05, 3.63) is 28.8 Å². The van der Waals surface area contributed by atoms with Crippen LogP contribution in [0.25, 0.3) is 0 Å². The average molecular weight is 311 g/mol. The van der Waals surface area contributed by atoms with Crippen LogP contribution >= 0.6 is 11.6 Å². The molecule has 1 saturated heterocycles. The molecule has 0 aromatic heterocycles. The lowest BCUT2D eigenvalue weighted by atomic mass is 10.1. The molecule has 1 unspecified atom stereocenters. The third-order valence-electron chi connectivity index (χ3n) is 3.46. The highest BCUT2D eigenvalue weighted by molar-refractivity contribution is 6.32. The van der Waals surface area contributed by atoms with Gasteiger partial charge in [-0.2, -0.15) is 0 Å². The van der Waals surface area contributed by atoms with Gasteiger partial charge in [0.15, 0.2) is 6.10 Å². The zero-order valence-electron chi connectivity index (χ0n) is 12.6. The first-order chi connectivity index (χ1) is 10.1. The Balaban J connectivity index is 2.01. The predicted molar refractivity (Wildman–Crippen MR) is 84.7 cm³/mol. The summed E-state index contributed by atoms with van der Waals surface area (Å²) in [5, 5.41) is 6.75. The number of ether oxygens (including phenoxy) is 1. The van der Waals surface area contributed by atoms with Crippen LogP contribution in [-0.4, -0.2) is 24.6 Å². The Bertz CT molecular complexity index is 491. The van der Waals surface area contributed by atoms with E-state index >= 15 is 0 Å². The Morgan fingerprint density at radius 3 is 2.95 bits per heavy atom. The van der Waals surface area contributed by atoms with Crippen molar-refractivity contribution in [1.29, 1.82) is 0 Å². The van der Waals surface area contributed by atoms with Crippen molar-refractivity contribution in [2.75, 3.05) is 6.54 Å². The topological polar surface area (TPSA) is 50.4 Å². The molecule has 2 N–H and O–H groups in total. The molecule has 1 aromatic rings. The van der Waals surface area contributed by atoms with Gasteiger partial charge < -0.3 is 15.4 Å². The lowest BCUT2D eigenvalue weighted by Gasteiger charge is -2.17. The highest BCUT2D eigenvalue weighted by Crippen LogP contribution is 2.27. The minimum Gasteiger partial charge on any atom is -0.479 e. The summed E-state index contributed by atoms with van der Waals surface area (Å²) in [6.07, 6.45) is 2.28. The van der Waals surface area contributed by atoms with E-state index in [4.69, 9.17) is 16.3 Å². The number of amides is 1. The number of carbonyl (C=O) groups is 1. The molecular formula is C16H23ClN2O2. The van der Waals surface area contributed by atoms with E-state index in [9.17, 15) is 4.79 Å². The van der Waals surface area contributed by atoms with Crippen molar-refractivity contribution in [2.45, 2.75) is 51.8 Å². The SMILES string of the molecule is CC(C)NCc1ccc(OC2CCCCNC2=O)c(Cl)c1. The van der Waals surface area contributed by atoms with Crippen molar-refractivity contribution >= 4 is 17.5 Å². The molecule has 1 aromatic carbocycles. The second-order valence-corrected chi connectivity index (χ2v) is 6.10. The smallest absolute Gasteiger partial charge is 0.261 e. The number of hydrogen-bond acceptors (Lipinski definition) is 3. The van der Waals surface area contributed by atoms with Crippen molar-refractivity contribution in [3.63, 3.8) is 0 Å². The highest BCUT2D eigenvalue weighted by Gasteiger charge is 2.23. The van der Waals surface area contributed by atoms with Crippen LogP contribution in [0.4, 0.5) is 0 Å². The molecule has 1 atom stereocenters. The van der Waals surface area contributed by atoms with Crippen LogP contribution in [0, 0.1) is 0 Å². The third-order valence-corrected chi connectivity index (χ3v) is 3.76. The summed E-state index contributed by atoms with van der Waals surface area (Å²) in [6.45, 7) is 5.70. The Hall–Kier alpha value is -1.26. The van der Waals surface area contributed by atoms with Gasteiger partial charge in [-0.25, -0.2) is 0 Å². The van der Waals surface area contributed by atoms with Crippen LogP contribution in [-0.2, 0) is 11.3 Å². The predicted octanol–water partition coefficient (Wildman–Crippen LogP) is 2.89. The van der Waals surface area contributed by atoms with Crippen molar-refractivity contribution in [1.82, 2.24) is 10.6 Å². The summed E-state index contributed by atoms with van der Waals surface area (Å²) in [7, 11) is 0. The summed E-state index contributed by atoms with van der Waals surface area (Å²) >= 11 is 6.27. The normalized spacial score (nSPS) is 19.2. The number of carbonyl (C=O) groups excluding carboxylic acids is 1. The van der Waals surface area contributed by atoms with Gasteiger partial charge in [0.1, 0.15) is 5.75 Å². The second-order valence-electron chi connectivity index (χ2n) is 5.69. The lowest BCUT2D eigenvalue weighted by molar-refractivity contribution is -0.127. The second kappa shape index (κ2) is 7.66. The summed E-state index contributed by atoms with van der Waals surface area (Å²) in [6, 6.07) is 6.14. The van der Waals surface area contributed by atoms with Crippen LogP contribution < -0.4 is 15.4 Å². The van der Waals surface area contributed by atoms with E-state index in [1.807, 2.05) is 18.2 Å². The minimum atomic E-state index is -0.440. The van der Waals surface area contributed by atoms with E-state index in [2.05, 4.69) is 24.5 Å². The molecule has 1 heterocycles. The van der Waals surface area contributed by atoms with E-state index in [0.717, 1.165) is 37.9 Å². The molecule has 1 amide bonds. The van der Waals surface area contributed by atoms with Crippen molar-refractivity contribution in [3.8, 4) is 5.75 Å². The first kappa shape index (κ1) is 16.1. The fourth-order valence-corrected chi connectivity index (χ4v) is 2.50. The summed E-state index contributed by atoms with van der Waals surface area (Å²) in [4.78, 5) is 11.9. The van der Waals surface area contributed by atoms with E-state index in [1.165, 1.54) is 0 Å². The van der Waals surface area contributed by atoms with Crippen molar-refractivity contribution < 1.29 is 9.53 Å². The number of benzene rings is 1. The zero-order valence-corrected chi connectivity index (χ0v) is 13.4. The van der Waals surface area contributed by atoms with Gasteiger partial charge in [0.2, 0.25) is 0 Å². The van der Waals surface area contributed by atoms with Crippen LogP contribution in [0.2, 0.25) is 5.02 Å². The van der Waals surface area contributed by atoms with E-state index in [1.54, 1.807) is 0 Å². The summed E-state index contributed by atoms with van der Waals surface area (Å²) < 4.78 is 5.79. The molecule has 1 aliphatic heterocycles. The largest absolute Gasteiger partial charge is 0.479 e. The van der Waals surface area contributed by atoms with Gasteiger partial charge in [0.05, 0.1) is 5.02 Å². The van der Waals surface area contributed by atoms with E-state index < -0.39 is 6.10 Å². The summed E-state index contributed by atoms with van der Waals surface area (Å²) in [5.74, 6) is 0.529. The Morgan fingerprint density at radius 2 is 2.24 bits per heavy atom. The summed E-state index contributed by atoms with van der Waals surface area (Å²) in [5.41, 5.74) is 1.10. The molecule has 0 radical (unpaired) electrons. The molecule has 1 aliphatic rings. The number of nitrogens with one attached hydrogen (secondary N) is 2. The minimum absolute atomic E-state index is 0.0471. The molecular weight excluding hydrogens is 288 g/mol. The van der Waals surface area contributed by atoms with E-state index in [-0.39, 0.29) is 5.91 Å². The molecule has 116 valence electrons. The Labute approximate surface area is 131 Å². The van der Waals surface area contributed by atoms with Gasteiger partial charge in [-0.1, -0.05) is 31.5 Å². The first-order valence-corrected chi connectivity index (χ1v) is 7.90. The Morgan fingerprint density at radius 1 is 1.43 bits per heavy atom. The third kappa shape index (κ3) is 4.90. The van der Waals surface area contributed by atoms with Gasteiger partial charge >= 0.3 is 0 Å². The number of rotatable bonds is 5. The average Bonchev–Trinajstić information content (AvgIpc) is 2.64. The molecule has 0 saturated carbocycles. The van der Waals surface area contributed by atoms with Crippen LogP contribution in [0.5, 0.6) is 5.75 Å².